The minimum absolute atomic E-state index is 1.11. The predicted molar refractivity (Wildman–Crippen MR) is 186 cm³/mol. The van der Waals surface area contributed by atoms with E-state index in [2.05, 4.69) is 180 Å². The van der Waals surface area contributed by atoms with E-state index in [4.69, 9.17) is 0 Å². The van der Waals surface area contributed by atoms with Gasteiger partial charge in [-0.15, -0.1) is 11.3 Å². The second-order valence-corrected chi connectivity index (χ2v) is 11.6. The number of anilines is 6. The second kappa shape index (κ2) is 10.8. The van der Waals surface area contributed by atoms with Gasteiger partial charge in [-0.25, -0.2) is 0 Å². The third-order valence-electron chi connectivity index (χ3n) is 8.00. The zero-order valence-corrected chi connectivity index (χ0v) is 24.3. The van der Waals surface area contributed by atoms with Crippen LogP contribution in [-0.2, 0) is 0 Å². The standard InChI is InChI=1S/C40H28N2S/c1-5-16-30(17-6-1)41(31-18-7-2-8-19-31)36-27-28-37-38(35-26-25-29-15-13-14-24-34(29)40(35)43-37)39(36)42(32-20-9-3-10-21-32)33-22-11-4-12-23-33/h1-28H. The molecule has 0 radical (unpaired) electrons. The zero-order valence-electron chi connectivity index (χ0n) is 23.5. The highest BCUT2D eigenvalue weighted by molar-refractivity contribution is 7.26. The first kappa shape index (κ1) is 25.3. The fraction of sp³-hybridized carbons (Fsp3) is 0. The molecule has 0 saturated heterocycles. The Kier molecular flexibility index (Phi) is 6.36. The van der Waals surface area contributed by atoms with Crippen molar-refractivity contribution in [2.24, 2.45) is 0 Å². The van der Waals surface area contributed by atoms with Gasteiger partial charge in [0, 0.05) is 42.9 Å². The average Bonchev–Trinajstić information content (AvgIpc) is 3.47. The van der Waals surface area contributed by atoms with E-state index in [1.54, 1.807) is 0 Å². The van der Waals surface area contributed by atoms with E-state index in [0.29, 0.717) is 0 Å². The van der Waals surface area contributed by atoms with Gasteiger partial charge >= 0.3 is 0 Å². The van der Waals surface area contributed by atoms with Gasteiger partial charge in [0.25, 0.3) is 0 Å². The molecule has 7 aromatic carbocycles. The number of nitrogens with zero attached hydrogens (tertiary/aromatic N) is 2. The Bertz CT molecular complexity index is 2090. The highest BCUT2D eigenvalue weighted by Crippen LogP contribution is 2.52. The van der Waals surface area contributed by atoms with Crippen LogP contribution in [0.15, 0.2) is 170 Å². The number of hydrogen-bond donors (Lipinski definition) is 0. The van der Waals surface area contributed by atoms with Gasteiger partial charge in [-0.1, -0.05) is 109 Å². The highest BCUT2D eigenvalue weighted by Gasteiger charge is 2.26. The number of para-hydroxylation sites is 4. The predicted octanol–water partition coefficient (Wildman–Crippen LogP) is 12.1. The fourth-order valence-corrected chi connectivity index (χ4v) is 7.36. The molecule has 3 heteroatoms. The molecule has 1 aromatic heterocycles. The van der Waals surface area contributed by atoms with Crippen LogP contribution < -0.4 is 9.80 Å². The molecule has 1 heterocycles. The molecule has 204 valence electrons. The van der Waals surface area contributed by atoms with Crippen molar-refractivity contribution in [1.82, 2.24) is 0 Å². The largest absolute Gasteiger partial charge is 0.308 e. The molecular formula is C40H28N2S. The molecule has 0 bridgehead atoms. The Morgan fingerprint density at radius 3 is 1.42 bits per heavy atom. The molecule has 0 N–H and O–H groups in total. The first-order valence-electron chi connectivity index (χ1n) is 14.5. The molecule has 8 aromatic rings. The Hall–Kier alpha value is -5.38. The number of thiophene rings is 1. The van der Waals surface area contributed by atoms with Gasteiger partial charge in [0.05, 0.1) is 11.4 Å². The van der Waals surface area contributed by atoms with Crippen LogP contribution in [0.5, 0.6) is 0 Å². The van der Waals surface area contributed by atoms with Gasteiger partial charge in [0.2, 0.25) is 0 Å². The lowest BCUT2D eigenvalue weighted by Gasteiger charge is -2.34. The lowest BCUT2D eigenvalue weighted by Crippen LogP contribution is -2.17. The van der Waals surface area contributed by atoms with E-state index in [-0.39, 0.29) is 0 Å². The lowest BCUT2D eigenvalue weighted by molar-refractivity contribution is 1.24. The first-order chi connectivity index (χ1) is 21.4. The van der Waals surface area contributed by atoms with E-state index in [9.17, 15) is 0 Å². The van der Waals surface area contributed by atoms with Crippen LogP contribution in [0.25, 0.3) is 30.9 Å². The summed E-state index contributed by atoms with van der Waals surface area (Å²) >= 11 is 1.88. The van der Waals surface area contributed by atoms with Crippen molar-refractivity contribution in [2.75, 3.05) is 9.80 Å². The molecular weight excluding hydrogens is 541 g/mol. The molecule has 0 aliphatic rings. The quantitative estimate of drug-likeness (QED) is 0.197. The van der Waals surface area contributed by atoms with Crippen LogP contribution in [0.4, 0.5) is 34.1 Å². The molecule has 2 nitrogen and oxygen atoms in total. The Balaban J connectivity index is 1.54. The van der Waals surface area contributed by atoms with Gasteiger partial charge in [-0.2, -0.15) is 0 Å². The summed E-state index contributed by atoms with van der Waals surface area (Å²) in [5, 5.41) is 5.09. The maximum atomic E-state index is 2.43. The average molecular weight is 569 g/mol. The maximum absolute atomic E-state index is 2.43. The van der Waals surface area contributed by atoms with Gasteiger partial charge in [-0.3, -0.25) is 0 Å². The molecule has 0 amide bonds. The Morgan fingerprint density at radius 2 is 0.860 bits per heavy atom. The van der Waals surface area contributed by atoms with E-state index in [1.807, 2.05) is 11.3 Å². The molecule has 0 fully saturated rings. The summed E-state index contributed by atoms with van der Waals surface area (Å²) in [6.45, 7) is 0. The number of fused-ring (bicyclic) bond motifs is 5. The van der Waals surface area contributed by atoms with Crippen molar-refractivity contribution < 1.29 is 0 Å². The molecule has 8 rings (SSSR count). The number of benzene rings is 7. The summed E-state index contributed by atoms with van der Waals surface area (Å²) in [4.78, 5) is 4.82. The van der Waals surface area contributed by atoms with Crippen molar-refractivity contribution in [3.05, 3.63) is 170 Å². The van der Waals surface area contributed by atoms with Gasteiger partial charge in [0.15, 0.2) is 0 Å². The third-order valence-corrected chi connectivity index (χ3v) is 9.21. The minimum Gasteiger partial charge on any atom is -0.308 e. The van der Waals surface area contributed by atoms with E-state index in [1.165, 1.54) is 30.9 Å². The summed E-state index contributed by atoms with van der Waals surface area (Å²) in [5.41, 5.74) is 6.72. The molecule has 0 saturated carbocycles. The SMILES string of the molecule is c1ccc(N(c2ccccc2)c2ccc3sc4c5ccccc5ccc4c3c2N(c2ccccc2)c2ccccc2)cc1. The van der Waals surface area contributed by atoms with E-state index < -0.39 is 0 Å². The van der Waals surface area contributed by atoms with Crippen LogP contribution in [-0.4, -0.2) is 0 Å². The van der Waals surface area contributed by atoms with Crippen molar-refractivity contribution in [1.29, 1.82) is 0 Å². The fourth-order valence-electron chi connectivity index (χ4n) is 6.12. The molecule has 0 aliphatic heterocycles. The van der Waals surface area contributed by atoms with Crippen LogP contribution >= 0.6 is 11.3 Å². The van der Waals surface area contributed by atoms with Crippen molar-refractivity contribution in [3.63, 3.8) is 0 Å². The van der Waals surface area contributed by atoms with Crippen molar-refractivity contribution >= 4 is 76.4 Å². The smallest absolute Gasteiger partial charge is 0.0796 e. The summed E-state index contributed by atoms with van der Waals surface area (Å²) < 4.78 is 2.58. The van der Waals surface area contributed by atoms with Gasteiger partial charge in [0.1, 0.15) is 0 Å². The van der Waals surface area contributed by atoms with Crippen molar-refractivity contribution in [3.8, 4) is 0 Å². The van der Waals surface area contributed by atoms with Gasteiger partial charge < -0.3 is 9.80 Å². The van der Waals surface area contributed by atoms with Gasteiger partial charge in [-0.05, 0) is 71.4 Å². The monoisotopic (exact) mass is 568 g/mol. The second-order valence-electron chi connectivity index (χ2n) is 10.6. The molecule has 0 unspecified atom stereocenters. The maximum Gasteiger partial charge on any atom is 0.0796 e. The Labute approximate surface area is 255 Å². The lowest BCUT2D eigenvalue weighted by atomic mass is 10.0. The summed E-state index contributed by atoms with van der Waals surface area (Å²) in [6.07, 6.45) is 0. The first-order valence-corrected chi connectivity index (χ1v) is 15.4. The minimum atomic E-state index is 1.11. The van der Waals surface area contributed by atoms with E-state index >= 15 is 0 Å². The van der Waals surface area contributed by atoms with E-state index in [0.717, 1.165) is 34.1 Å². The van der Waals surface area contributed by atoms with Crippen LogP contribution in [0.2, 0.25) is 0 Å². The van der Waals surface area contributed by atoms with Crippen LogP contribution in [0.3, 0.4) is 0 Å². The summed E-state index contributed by atoms with van der Waals surface area (Å²) in [6, 6.07) is 60.7. The third kappa shape index (κ3) is 4.42. The summed E-state index contributed by atoms with van der Waals surface area (Å²) in [7, 11) is 0. The van der Waals surface area contributed by atoms with Crippen LogP contribution in [0, 0.1) is 0 Å². The molecule has 0 atom stereocenters. The Morgan fingerprint density at radius 1 is 0.372 bits per heavy atom. The molecule has 43 heavy (non-hydrogen) atoms. The molecule has 0 spiro atoms. The molecule has 0 aliphatic carbocycles. The number of rotatable bonds is 6. The topological polar surface area (TPSA) is 6.48 Å². The zero-order chi connectivity index (χ0) is 28.6. The van der Waals surface area contributed by atoms with Crippen LogP contribution in [0.1, 0.15) is 0 Å². The normalized spacial score (nSPS) is 11.3. The summed E-state index contributed by atoms with van der Waals surface area (Å²) in [5.74, 6) is 0. The highest BCUT2D eigenvalue weighted by atomic mass is 32.1. The van der Waals surface area contributed by atoms with Crippen molar-refractivity contribution in [2.45, 2.75) is 0 Å². The number of hydrogen-bond acceptors (Lipinski definition) is 3.